The molecular weight excluding hydrogens is 198 g/mol. The zero-order valence-corrected chi connectivity index (χ0v) is 10.1. The third kappa shape index (κ3) is 2.13. The highest BCUT2D eigenvalue weighted by molar-refractivity contribution is 5.35. The van der Waals surface area contributed by atoms with Crippen molar-refractivity contribution in [2.45, 2.75) is 44.8 Å². The number of rotatable bonds is 3. The number of benzene rings is 1. The second-order valence-corrected chi connectivity index (χ2v) is 4.70. The lowest BCUT2D eigenvalue weighted by molar-refractivity contribution is 0.0207. The van der Waals surface area contributed by atoms with Crippen molar-refractivity contribution in [1.29, 1.82) is 0 Å². The molecule has 0 amide bonds. The Labute approximate surface area is 97.8 Å². The minimum Gasteiger partial charge on any atom is -0.376 e. The van der Waals surface area contributed by atoms with Crippen molar-refractivity contribution in [2.24, 2.45) is 5.73 Å². The molecule has 0 heterocycles. The highest BCUT2D eigenvalue weighted by Crippen LogP contribution is 2.37. The van der Waals surface area contributed by atoms with Gasteiger partial charge in [-0.15, -0.1) is 0 Å². The van der Waals surface area contributed by atoms with Crippen LogP contribution in [0.3, 0.4) is 0 Å². The quantitative estimate of drug-likeness (QED) is 0.848. The number of nitrogens with two attached hydrogens (primary N) is 1. The summed E-state index contributed by atoms with van der Waals surface area (Å²) in [5.74, 6) is 0.554. The van der Waals surface area contributed by atoms with Gasteiger partial charge in [0.25, 0.3) is 0 Å². The van der Waals surface area contributed by atoms with Gasteiger partial charge in [-0.05, 0) is 29.9 Å². The van der Waals surface area contributed by atoms with Gasteiger partial charge in [0.15, 0.2) is 0 Å². The molecule has 3 atom stereocenters. The van der Waals surface area contributed by atoms with E-state index >= 15 is 0 Å². The number of hydrogen-bond donors (Lipinski definition) is 1. The van der Waals surface area contributed by atoms with Crippen molar-refractivity contribution in [3.05, 3.63) is 35.4 Å². The zero-order valence-electron chi connectivity index (χ0n) is 10.1. The minimum atomic E-state index is 0.0407. The second-order valence-electron chi connectivity index (χ2n) is 4.70. The maximum atomic E-state index is 6.27. The van der Waals surface area contributed by atoms with Crippen LogP contribution in [0.5, 0.6) is 0 Å². The van der Waals surface area contributed by atoms with Crippen molar-refractivity contribution in [1.82, 2.24) is 0 Å². The molecule has 0 fully saturated rings. The van der Waals surface area contributed by atoms with Gasteiger partial charge >= 0.3 is 0 Å². The molecule has 2 N–H and O–H groups in total. The fraction of sp³-hybridized carbons (Fsp3) is 0.571. The molecule has 88 valence electrons. The van der Waals surface area contributed by atoms with E-state index in [1.165, 1.54) is 11.1 Å². The van der Waals surface area contributed by atoms with Crippen LogP contribution in [0.2, 0.25) is 0 Å². The lowest BCUT2D eigenvalue weighted by Crippen LogP contribution is -2.35. The SMILES string of the molecule is CCCOC1CC(C)c2ccccc2C1N. The van der Waals surface area contributed by atoms with E-state index in [4.69, 9.17) is 10.5 Å². The molecule has 1 aliphatic rings. The molecule has 0 bridgehead atoms. The summed E-state index contributed by atoms with van der Waals surface area (Å²) < 4.78 is 5.85. The summed E-state index contributed by atoms with van der Waals surface area (Å²) in [7, 11) is 0. The zero-order chi connectivity index (χ0) is 11.5. The third-order valence-electron chi connectivity index (χ3n) is 3.41. The van der Waals surface area contributed by atoms with Gasteiger partial charge in [-0.1, -0.05) is 38.1 Å². The summed E-state index contributed by atoms with van der Waals surface area (Å²) in [4.78, 5) is 0. The molecule has 1 aromatic rings. The number of hydrogen-bond acceptors (Lipinski definition) is 2. The summed E-state index contributed by atoms with van der Waals surface area (Å²) in [6, 6.07) is 8.52. The second kappa shape index (κ2) is 4.98. The predicted octanol–water partition coefficient (Wildman–Crippen LogP) is 2.99. The molecule has 0 saturated carbocycles. The van der Waals surface area contributed by atoms with Gasteiger partial charge in [0.2, 0.25) is 0 Å². The molecule has 1 aromatic carbocycles. The van der Waals surface area contributed by atoms with E-state index in [2.05, 4.69) is 38.1 Å². The van der Waals surface area contributed by atoms with Crippen LogP contribution in [0.25, 0.3) is 0 Å². The third-order valence-corrected chi connectivity index (χ3v) is 3.41. The summed E-state index contributed by atoms with van der Waals surface area (Å²) in [5, 5.41) is 0. The Morgan fingerprint density at radius 3 is 2.69 bits per heavy atom. The van der Waals surface area contributed by atoms with Crippen LogP contribution < -0.4 is 5.73 Å². The lowest BCUT2D eigenvalue weighted by atomic mass is 9.79. The van der Waals surface area contributed by atoms with Gasteiger partial charge in [0, 0.05) is 6.61 Å². The standard InChI is InChI=1S/C14H21NO/c1-3-8-16-13-9-10(2)11-6-4-5-7-12(11)14(13)15/h4-7,10,13-14H,3,8-9,15H2,1-2H3. The Bertz CT molecular complexity index is 350. The Morgan fingerprint density at radius 2 is 2.00 bits per heavy atom. The molecule has 2 heteroatoms. The Morgan fingerprint density at radius 1 is 1.31 bits per heavy atom. The van der Waals surface area contributed by atoms with Crippen LogP contribution in [-0.2, 0) is 4.74 Å². The van der Waals surface area contributed by atoms with E-state index in [9.17, 15) is 0 Å². The first-order valence-electron chi connectivity index (χ1n) is 6.20. The predicted molar refractivity (Wildman–Crippen MR) is 66.4 cm³/mol. The number of fused-ring (bicyclic) bond motifs is 1. The molecule has 2 rings (SSSR count). The first-order chi connectivity index (χ1) is 7.74. The summed E-state index contributed by atoms with van der Waals surface area (Å²) in [6.45, 7) is 5.20. The molecule has 0 spiro atoms. The van der Waals surface area contributed by atoms with Crippen molar-refractivity contribution >= 4 is 0 Å². The van der Waals surface area contributed by atoms with Crippen LogP contribution in [0.15, 0.2) is 24.3 Å². The van der Waals surface area contributed by atoms with E-state index in [0.29, 0.717) is 5.92 Å². The summed E-state index contributed by atoms with van der Waals surface area (Å²) >= 11 is 0. The van der Waals surface area contributed by atoms with Crippen LogP contribution >= 0.6 is 0 Å². The molecule has 1 aliphatic carbocycles. The monoisotopic (exact) mass is 219 g/mol. The van der Waals surface area contributed by atoms with Gasteiger partial charge < -0.3 is 10.5 Å². The Hall–Kier alpha value is -0.860. The maximum Gasteiger partial charge on any atom is 0.0773 e. The number of ether oxygens (including phenoxy) is 1. The van der Waals surface area contributed by atoms with Gasteiger partial charge in [0.05, 0.1) is 12.1 Å². The van der Waals surface area contributed by atoms with Crippen LogP contribution in [0, 0.1) is 0 Å². The van der Waals surface area contributed by atoms with E-state index in [-0.39, 0.29) is 12.1 Å². The topological polar surface area (TPSA) is 35.2 Å². The maximum absolute atomic E-state index is 6.27. The van der Waals surface area contributed by atoms with Crippen molar-refractivity contribution in [2.75, 3.05) is 6.61 Å². The average Bonchev–Trinajstić information content (AvgIpc) is 2.32. The van der Waals surface area contributed by atoms with Gasteiger partial charge in [-0.25, -0.2) is 0 Å². The average molecular weight is 219 g/mol. The first kappa shape index (κ1) is 11.6. The molecular formula is C14H21NO. The highest BCUT2D eigenvalue weighted by atomic mass is 16.5. The minimum absolute atomic E-state index is 0.0407. The van der Waals surface area contributed by atoms with E-state index in [1.54, 1.807) is 0 Å². The first-order valence-corrected chi connectivity index (χ1v) is 6.20. The fourth-order valence-corrected chi connectivity index (χ4v) is 2.53. The molecule has 3 unspecified atom stereocenters. The van der Waals surface area contributed by atoms with E-state index in [1.807, 2.05) is 0 Å². The summed E-state index contributed by atoms with van der Waals surface area (Å²) in [5.41, 5.74) is 8.93. The van der Waals surface area contributed by atoms with E-state index < -0.39 is 0 Å². The molecule has 0 aromatic heterocycles. The molecule has 2 nitrogen and oxygen atoms in total. The van der Waals surface area contributed by atoms with Crippen molar-refractivity contribution in [3.8, 4) is 0 Å². The van der Waals surface area contributed by atoms with Gasteiger partial charge in [-0.3, -0.25) is 0 Å². The van der Waals surface area contributed by atoms with Crippen LogP contribution in [0.4, 0.5) is 0 Å². The lowest BCUT2D eigenvalue weighted by Gasteiger charge is -2.34. The Kier molecular flexibility index (Phi) is 3.62. The highest BCUT2D eigenvalue weighted by Gasteiger charge is 2.30. The molecule has 0 aliphatic heterocycles. The smallest absolute Gasteiger partial charge is 0.0773 e. The van der Waals surface area contributed by atoms with Gasteiger partial charge in [-0.2, -0.15) is 0 Å². The van der Waals surface area contributed by atoms with Gasteiger partial charge in [0.1, 0.15) is 0 Å². The molecule has 0 radical (unpaired) electrons. The molecule has 0 saturated heterocycles. The molecule has 16 heavy (non-hydrogen) atoms. The van der Waals surface area contributed by atoms with Crippen LogP contribution in [0.1, 0.15) is 49.8 Å². The summed E-state index contributed by atoms with van der Waals surface area (Å²) in [6.07, 6.45) is 2.28. The largest absolute Gasteiger partial charge is 0.376 e. The van der Waals surface area contributed by atoms with Crippen LogP contribution in [-0.4, -0.2) is 12.7 Å². The normalized spacial score (nSPS) is 28.8. The van der Waals surface area contributed by atoms with Crippen molar-refractivity contribution in [3.63, 3.8) is 0 Å². The fourth-order valence-electron chi connectivity index (χ4n) is 2.53. The Balaban J connectivity index is 2.20. The van der Waals surface area contributed by atoms with Crippen molar-refractivity contribution < 1.29 is 4.74 Å². The van der Waals surface area contributed by atoms with E-state index in [0.717, 1.165) is 19.4 Å².